The van der Waals surface area contributed by atoms with E-state index in [1.54, 1.807) is 0 Å². The molecule has 0 fully saturated rings. The van der Waals surface area contributed by atoms with Gasteiger partial charge in [0, 0.05) is 22.3 Å². The maximum Gasteiger partial charge on any atom is 0.314 e. The molecule has 0 aliphatic carbocycles. The Bertz CT molecular complexity index is 403. The lowest BCUT2D eigenvalue weighted by Crippen LogP contribution is -2.21. The Morgan fingerprint density at radius 1 is 1.26 bits per heavy atom. The lowest BCUT2D eigenvalue weighted by atomic mass is 10.0. The molecule has 0 amide bonds. The number of unbranched alkanes of at least 4 members (excludes halogenated alkanes) is 2. The van der Waals surface area contributed by atoms with Crippen molar-refractivity contribution in [2.24, 2.45) is 0 Å². The molecule has 4 heteroatoms. The van der Waals surface area contributed by atoms with Gasteiger partial charge in [-0.1, -0.05) is 50.1 Å². The summed E-state index contributed by atoms with van der Waals surface area (Å²) in [6.07, 6.45) is 3.14. The highest BCUT2D eigenvalue weighted by molar-refractivity contribution is 7.85. The zero-order valence-electron chi connectivity index (χ0n) is 11.6. The number of hydrogen-bond donors (Lipinski definition) is 0. The Hall–Kier alpha value is -1.16. The molecule has 3 nitrogen and oxygen atoms in total. The summed E-state index contributed by atoms with van der Waals surface area (Å²) in [5, 5.41) is 0. The van der Waals surface area contributed by atoms with Gasteiger partial charge < -0.3 is 4.74 Å². The number of benzene rings is 1. The second kappa shape index (κ2) is 8.86. The summed E-state index contributed by atoms with van der Waals surface area (Å²) in [6, 6.07) is 9.42. The first-order chi connectivity index (χ1) is 9.19. The number of methoxy groups -OCH3 is 1. The van der Waals surface area contributed by atoms with Crippen LogP contribution in [-0.4, -0.2) is 28.8 Å². The maximum absolute atomic E-state index is 12.0. The van der Waals surface area contributed by atoms with Gasteiger partial charge >= 0.3 is 5.97 Å². The Morgan fingerprint density at radius 2 is 1.95 bits per heavy atom. The van der Waals surface area contributed by atoms with Gasteiger partial charge in [0.15, 0.2) is 0 Å². The molecule has 2 atom stereocenters. The molecule has 0 aliphatic heterocycles. The molecule has 0 aromatic heterocycles. The van der Waals surface area contributed by atoms with Crippen molar-refractivity contribution in [2.45, 2.75) is 32.1 Å². The van der Waals surface area contributed by atoms with Crippen molar-refractivity contribution in [2.75, 3.05) is 18.6 Å². The molecule has 1 rings (SSSR count). The summed E-state index contributed by atoms with van der Waals surface area (Å²) in [6.45, 7) is 2.12. The summed E-state index contributed by atoms with van der Waals surface area (Å²) >= 11 is 0. The third-order valence-corrected chi connectivity index (χ3v) is 4.46. The van der Waals surface area contributed by atoms with E-state index in [9.17, 15) is 9.00 Å². The maximum atomic E-state index is 12.0. The Morgan fingerprint density at radius 3 is 2.53 bits per heavy atom. The zero-order valence-corrected chi connectivity index (χ0v) is 12.4. The van der Waals surface area contributed by atoms with E-state index in [2.05, 4.69) is 6.92 Å². The predicted octanol–water partition coefficient (Wildman–Crippen LogP) is 2.88. The lowest BCUT2D eigenvalue weighted by Gasteiger charge is -2.14. The molecule has 19 heavy (non-hydrogen) atoms. The van der Waals surface area contributed by atoms with Gasteiger partial charge in [-0.15, -0.1) is 0 Å². The summed E-state index contributed by atoms with van der Waals surface area (Å²) in [5.74, 6) is 0.276. The Balaban J connectivity index is 2.66. The molecule has 0 aliphatic rings. The summed E-state index contributed by atoms with van der Waals surface area (Å²) in [7, 11) is 0.398. The smallest absolute Gasteiger partial charge is 0.314 e. The van der Waals surface area contributed by atoms with Crippen LogP contribution in [0.4, 0.5) is 0 Å². The molecule has 0 saturated heterocycles. The molecule has 0 heterocycles. The largest absolute Gasteiger partial charge is 0.469 e. The van der Waals surface area contributed by atoms with Crippen LogP contribution in [0.5, 0.6) is 0 Å². The molecule has 2 unspecified atom stereocenters. The number of ether oxygens (including phenoxy) is 1. The Labute approximate surface area is 117 Å². The van der Waals surface area contributed by atoms with E-state index in [0.29, 0.717) is 11.5 Å². The summed E-state index contributed by atoms with van der Waals surface area (Å²) in [4.78, 5) is 11.8. The monoisotopic (exact) mass is 282 g/mol. The molecule has 0 radical (unpaired) electrons. The fourth-order valence-electron chi connectivity index (χ4n) is 1.91. The van der Waals surface area contributed by atoms with Crippen molar-refractivity contribution >= 4 is 16.8 Å². The van der Waals surface area contributed by atoms with Crippen molar-refractivity contribution in [3.05, 3.63) is 35.9 Å². The third-order valence-electron chi connectivity index (χ3n) is 3.02. The highest BCUT2D eigenvalue weighted by Gasteiger charge is 2.23. The first-order valence-corrected chi connectivity index (χ1v) is 8.15. The van der Waals surface area contributed by atoms with Gasteiger partial charge in [-0.2, -0.15) is 0 Å². The quantitative estimate of drug-likeness (QED) is 0.544. The average molecular weight is 282 g/mol. The minimum Gasteiger partial charge on any atom is -0.469 e. The van der Waals surface area contributed by atoms with Crippen molar-refractivity contribution in [3.8, 4) is 0 Å². The number of esters is 1. The first-order valence-electron chi connectivity index (χ1n) is 6.66. The van der Waals surface area contributed by atoms with E-state index in [4.69, 9.17) is 4.74 Å². The van der Waals surface area contributed by atoms with Gasteiger partial charge in [-0.05, 0) is 12.0 Å². The first kappa shape index (κ1) is 15.9. The Kier molecular flexibility index (Phi) is 7.41. The molecule has 0 spiro atoms. The molecule has 106 valence electrons. The van der Waals surface area contributed by atoms with Crippen LogP contribution < -0.4 is 0 Å². The fourth-order valence-corrected chi connectivity index (χ4v) is 3.30. The molecule has 0 saturated carbocycles. The van der Waals surface area contributed by atoms with Crippen molar-refractivity contribution < 1.29 is 13.7 Å². The van der Waals surface area contributed by atoms with E-state index in [1.165, 1.54) is 7.11 Å². The van der Waals surface area contributed by atoms with Gasteiger partial charge in [0.2, 0.25) is 0 Å². The lowest BCUT2D eigenvalue weighted by molar-refractivity contribution is -0.141. The SMILES string of the molecule is CCCCCS(=O)CC(C(=O)OC)c1ccccc1. The number of hydrogen-bond acceptors (Lipinski definition) is 3. The molecule has 1 aromatic carbocycles. The van der Waals surface area contributed by atoms with Gasteiger partial charge in [-0.25, -0.2) is 0 Å². The van der Waals surface area contributed by atoms with Gasteiger partial charge in [0.1, 0.15) is 0 Å². The highest BCUT2D eigenvalue weighted by atomic mass is 32.2. The molecular weight excluding hydrogens is 260 g/mol. The topological polar surface area (TPSA) is 43.4 Å². The van der Waals surface area contributed by atoms with Crippen LogP contribution >= 0.6 is 0 Å². The zero-order chi connectivity index (χ0) is 14.1. The van der Waals surface area contributed by atoms with Crippen LogP contribution in [0.25, 0.3) is 0 Å². The summed E-state index contributed by atoms with van der Waals surface area (Å²) < 4.78 is 16.8. The van der Waals surface area contributed by atoms with Crippen LogP contribution in [0.1, 0.15) is 37.7 Å². The van der Waals surface area contributed by atoms with Gasteiger partial charge in [0.25, 0.3) is 0 Å². The van der Waals surface area contributed by atoms with E-state index < -0.39 is 16.7 Å². The predicted molar refractivity (Wildman–Crippen MR) is 78.6 cm³/mol. The van der Waals surface area contributed by atoms with Crippen LogP contribution in [-0.2, 0) is 20.3 Å². The van der Waals surface area contributed by atoms with Gasteiger partial charge in [0.05, 0.1) is 13.0 Å². The van der Waals surface area contributed by atoms with Crippen LogP contribution in [0.2, 0.25) is 0 Å². The molecule has 0 bridgehead atoms. The highest BCUT2D eigenvalue weighted by Crippen LogP contribution is 2.19. The average Bonchev–Trinajstić information content (AvgIpc) is 2.45. The van der Waals surface area contributed by atoms with E-state index in [0.717, 1.165) is 24.8 Å². The van der Waals surface area contributed by atoms with Crippen LogP contribution in [0.3, 0.4) is 0 Å². The molecular formula is C15H22O3S. The van der Waals surface area contributed by atoms with E-state index >= 15 is 0 Å². The summed E-state index contributed by atoms with van der Waals surface area (Å²) in [5.41, 5.74) is 0.873. The van der Waals surface area contributed by atoms with E-state index in [-0.39, 0.29) is 5.97 Å². The van der Waals surface area contributed by atoms with Crippen molar-refractivity contribution in [1.29, 1.82) is 0 Å². The van der Waals surface area contributed by atoms with E-state index in [1.807, 2.05) is 30.3 Å². The number of carbonyl (C=O) groups is 1. The van der Waals surface area contributed by atoms with Crippen LogP contribution in [0.15, 0.2) is 30.3 Å². The van der Waals surface area contributed by atoms with Crippen molar-refractivity contribution in [3.63, 3.8) is 0 Å². The standard InChI is InChI=1S/C15H22O3S/c1-3-4-8-11-19(17)12-14(15(16)18-2)13-9-6-5-7-10-13/h5-7,9-10,14H,3-4,8,11-12H2,1-2H3. The fraction of sp³-hybridized carbons (Fsp3) is 0.533. The van der Waals surface area contributed by atoms with Crippen molar-refractivity contribution in [1.82, 2.24) is 0 Å². The second-order valence-electron chi connectivity index (χ2n) is 4.50. The third kappa shape index (κ3) is 5.55. The number of rotatable bonds is 8. The normalized spacial score (nSPS) is 13.8. The van der Waals surface area contributed by atoms with Crippen LogP contribution in [0, 0.1) is 0 Å². The second-order valence-corrected chi connectivity index (χ2v) is 6.13. The number of carbonyl (C=O) groups excluding carboxylic acids is 1. The minimum absolute atomic E-state index is 0.310. The molecule has 0 N–H and O–H groups in total. The minimum atomic E-state index is -0.975. The van der Waals surface area contributed by atoms with Gasteiger partial charge in [-0.3, -0.25) is 9.00 Å². The molecule has 1 aromatic rings.